The van der Waals surface area contributed by atoms with Crippen LogP contribution in [0.3, 0.4) is 0 Å². The lowest BCUT2D eigenvalue weighted by molar-refractivity contribution is -0.137. The number of alkyl halides is 3. The number of nitrogens with one attached hydrogen (secondary N) is 2. The van der Waals surface area contributed by atoms with Gasteiger partial charge in [-0.25, -0.2) is 9.37 Å². The zero-order valence-electron chi connectivity index (χ0n) is 15.0. The number of halogens is 4. The van der Waals surface area contributed by atoms with E-state index < -0.39 is 23.2 Å². The second kappa shape index (κ2) is 8.82. The summed E-state index contributed by atoms with van der Waals surface area (Å²) in [7, 11) is 0. The minimum atomic E-state index is -4.75. The van der Waals surface area contributed by atoms with Crippen molar-refractivity contribution in [3.05, 3.63) is 60.0 Å². The molecule has 2 aromatic heterocycles. The lowest BCUT2D eigenvalue weighted by Gasteiger charge is -2.16. The Hall–Kier alpha value is -3.27. The van der Waals surface area contributed by atoms with E-state index in [-0.39, 0.29) is 18.4 Å². The SMILES string of the molecule is OCCCNc1nc(Nc2c(F)cccc2C(F)(F)F)cc(-c2ccccn2)n1. The van der Waals surface area contributed by atoms with Crippen LogP contribution in [0.15, 0.2) is 48.7 Å². The molecule has 0 saturated heterocycles. The topological polar surface area (TPSA) is 83.0 Å². The summed E-state index contributed by atoms with van der Waals surface area (Å²) in [6.45, 7) is 0.289. The quantitative estimate of drug-likeness (QED) is 0.402. The Labute approximate surface area is 163 Å². The number of nitrogens with zero attached hydrogens (tertiary/aromatic N) is 3. The van der Waals surface area contributed by atoms with Gasteiger partial charge in [0.15, 0.2) is 0 Å². The zero-order valence-corrected chi connectivity index (χ0v) is 15.0. The number of benzene rings is 1. The van der Waals surface area contributed by atoms with Crippen molar-refractivity contribution in [2.24, 2.45) is 0 Å². The van der Waals surface area contributed by atoms with Crippen LogP contribution < -0.4 is 10.6 Å². The van der Waals surface area contributed by atoms with Crippen LogP contribution in [-0.2, 0) is 6.18 Å². The zero-order chi connectivity index (χ0) is 20.9. The van der Waals surface area contributed by atoms with Crippen molar-refractivity contribution in [1.29, 1.82) is 0 Å². The van der Waals surface area contributed by atoms with Gasteiger partial charge in [0, 0.05) is 25.4 Å². The van der Waals surface area contributed by atoms with Crippen molar-refractivity contribution in [2.45, 2.75) is 12.6 Å². The third-order valence-corrected chi connectivity index (χ3v) is 3.84. The average molecular weight is 407 g/mol. The summed E-state index contributed by atoms with van der Waals surface area (Å²) in [6.07, 6.45) is -2.78. The standard InChI is InChI=1S/C19H17F4N5O/c20-13-6-3-5-12(19(21,22)23)17(13)27-16-11-15(14-7-1-2-8-24-14)26-18(28-16)25-9-4-10-29/h1-3,5-8,11,29H,4,9-10H2,(H2,25,26,27,28). The highest BCUT2D eigenvalue weighted by Gasteiger charge is 2.35. The van der Waals surface area contributed by atoms with E-state index in [1.54, 1.807) is 24.4 Å². The molecule has 0 aliphatic carbocycles. The molecule has 0 radical (unpaired) electrons. The van der Waals surface area contributed by atoms with Crippen molar-refractivity contribution < 1.29 is 22.7 Å². The van der Waals surface area contributed by atoms with Crippen LogP contribution in [0.2, 0.25) is 0 Å². The van der Waals surface area contributed by atoms with Gasteiger partial charge in [-0.15, -0.1) is 0 Å². The van der Waals surface area contributed by atoms with Crippen LogP contribution in [0.25, 0.3) is 11.4 Å². The third-order valence-electron chi connectivity index (χ3n) is 3.84. The lowest BCUT2D eigenvalue weighted by atomic mass is 10.1. The first-order chi connectivity index (χ1) is 13.9. The van der Waals surface area contributed by atoms with Crippen molar-refractivity contribution in [1.82, 2.24) is 15.0 Å². The number of rotatable bonds is 7. The van der Waals surface area contributed by atoms with E-state index in [1.807, 2.05) is 0 Å². The summed E-state index contributed by atoms with van der Waals surface area (Å²) in [4.78, 5) is 12.6. The van der Waals surface area contributed by atoms with Gasteiger partial charge in [0.1, 0.15) is 11.6 Å². The summed E-state index contributed by atoms with van der Waals surface area (Å²) in [5.74, 6) is -0.996. The lowest BCUT2D eigenvalue weighted by Crippen LogP contribution is -2.12. The number of hydrogen-bond acceptors (Lipinski definition) is 6. The van der Waals surface area contributed by atoms with Crippen molar-refractivity contribution in [3.63, 3.8) is 0 Å². The maximum absolute atomic E-state index is 14.2. The molecule has 0 aliphatic rings. The fourth-order valence-corrected chi connectivity index (χ4v) is 2.53. The minimum absolute atomic E-state index is 0.0391. The van der Waals surface area contributed by atoms with Gasteiger partial charge >= 0.3 is 6.18 Å². The Bertz CT molecular complexity index is 967. The molecule has 0 bridgehead atoms. The van der Waals surface area contributed by atoms with Gasteiger partial charge in [-0.2, -0.15) is 18.2 Å². The predicted molar refractivity (Wildman–Crippen MR) is 100 cm³/mol. The van der Waals surface area contributed by atoms with Crippen LogP contribution in [0.1, 0.15) is 12.0 Å². The average Bonchev–Trinajstić information content (AvgIpc) is 2.69. The molecule has 2 heterocycles. The Morgan fingerprint density at radius 1 is 1.00 bits per heavy atom. The molecule has 3 N–H and O–H groups in total. The van der Waals surface area contributed by atoms with E-state index in [0.717, 1.165) is 18.2 Å². The Kier molecular flexibility index (Phi) is 6.23. The first-order valence-corrected chi connectivity index (χ1v) is 8.66. The second-order valence-electron chi connectivity index (χ2n) is 5.97. The van der Waals surface area contributed by atoms with Crippen molar-refractivity contribution in [2.75, 3.05) is 23.8 Å². The fraction of sp³-hybridized carbons (Fsp3) is 0.211. The minimum Gasteiger partial charge on any atom is -0.396 e. The first-order valence-electron chi connectivity index (χ1n) is 8.66. The van der Waals surface area contributed by atoms with E-state index in [9.17, 15) is 17.6 Å². The Balaban J connectivity index is 2.02. The summed E-state index contributed by atoms with van der Waals surface area (Å²) in [5, 5.41) is 14.2. The summed E-state index contributed by atoms with van der Waals surface area (Å²) >= 11 is 0. The highest BCUT2D eigenvalue weighted by atomic mass is 19.4. The van der Waals surface area contributed by atoms with Gasteiger partial charge < -0.3 is 15.7 Å². The van der Waals surface area contributed by atoms with E-state index in [0.29, 0.717) is 24.4 Å². The number of anilines is 3. The summed E-state index contributed by atoms with van der Waals surface area (Å²) in [5.41, 5.74) is -1.08. The van der Waals surface area contributed by atoms with Gasteiger partial charge in [0.2, 0.25) is 5.95 Å². The van der Waals surface area contributed by atoms with Gasteiger partial charge in [-0.05, 0) is 30.7 Å². The molecule has 1 aromatic carbocycles. The molecule has 0 spiro atoms. The van der Waals surface area contributed by atoms with Gasteiger partial charge in [0.25, 0.3) is 0 Å². The number of hydrogen-bond donors (Lipinski definition) is 3. The molecular weight excluding hydrogens is 390 g/mol. The molecule has 0 aliphatic heterocycles. The maximum Gasteiger partial charge on any atom is 0.418 e. The van der Waals surface area contributed by atoms with Gasteiger partial charge in [-0.1, -0.05) is 12.1 Å². The van der Waals surface area contributed by atoms with E-state index in [1.165, 1.54) is 6.07 Å². The van der Waals surface area contributed by atoms with E-state index in [2.05, 4.69) is 25.6 Å². The highest BCUT2D eigenvalue weighted by molar-refractivity contribution is 5.67. The predicted octanol–water partition coefficient (Wildman–Crippen LogP) is 4.23. The normalized spacial score (nSPS) is 11.3. The molecule has 152 valence electrons. The van der Waals surface area contributed by atoms with Crippen molar-refractivity contribution in [3.8, 4) is 11.4 Å². The first kappa shape index (κ1) is 20.5. The number of pyridine rings is 1. The van der Waals surface area contributed by atoms with Crippen LogP contribution >= 0.6 is 0 Å². The molecule has 0 saturated carbocycles. The maximum atomic E-state index is 14.2. The second-order valence-corrected chi connectivity index (χ2v) is 5.97. The summed E-state index contributed by atoms with van der Waals surface area (Å²) in [6, 6.07) is 9.20. The van der Waals surface area contributed by atoms with Crippen LogP contribution in [0.4, 0.5) is 35.0 Å². The molecule has 29 heavy (non-hydrogen) atoms. The molecule has 3 rings (SSSR count). The number of para-hydroxylation sites is 1. The molecular formula is C19H17F4N5O. The Morgan fingerprint density at radius 3 is 2.52 bits per heavy atom. The van der Waals surface area contributed by atoms with Crippen LogP contribution in [-0.4, -0.2) is 33.2 Å². The number of aliphatic hydroxyl groups excluding tert-OH is 1. The summed E-state index contributed by atoms with van der Waals surface area (Å²) < 4.78 is 54.0. The van der Waals surface area contributed by atoms with Crippen LogP contribution in [0.5, 0.6) is 0 Å². The Morgan fingerprint density at radius 2 is 1.83 bits per heavy atom. The van der Waals surface area contributed by atoms with E-state index >= 15 is 0 Å². The van der Waals surface area contributed by atoms with Crippen LogP contribution in [0, 0.1) is 5.82 Å². The monoisotopic (exact) mass is 407 g/mol. The van der Waals surface area contributed by atoms with Gasteiger partial charge in [-0.3, -0.25) is 4.98 Å². The molecule has 0 atom stereocenters. The smallest absolute Gasteiger partial charge is 0.396 e. The molecule has 10 heteroatoms. The highest BCUT2D eigenvalue weighted by Crippen LogP contribution is 2.37. The molecule has 3 aromatic rings. The molecule has 0 amide bonds. The number of aromatic nitrogens is 3. The third kappa shape index (κ3) is 5.17. The van der Waals surface area contributed by atoms with Crippen molar-refractivity contribution >= 4 is 17.5 Å². The van der Waals surface area contributed by atoms with E-state index in [4.69, 9.17) is 5.11 Å². The molecule has 6 nitrogen and oxygen atoms in total. The molecule has 0 unspecified atom stereocenters. The fourth-order valence-electron chi connectivity index (χ4n) is 2.53. The van der Waals surface area contributed by atoms with Gasteiger partial charge in [0.05, 0.1) is 22.6 Å². The largest absolute Gasteiger partial charge is 0.418 e. The molecule has 0 fully saturated rings. The number of aliphatic hydroxyl groups is 1.